The maximum Gasteiger partial charge on any atom is 0.303 e. The highest BCUT2D eigenvalue weighted by molar-refractivity contribution is 5.66. The van der Waals surface area contributed by atoms with E-state index in [4.69, 9.17) is 10.2 Å². The van der Waals surface area contributed by atoms with Gasteiger partial charge in [-0.25, -0.2) is 0 Å². The van der Waals surface area contributed by atoms with E-state index >= 15 is 0 Å². The van der Waals surface area contributed by atoms with E-state index in [0.29, 0.717) is 6.42 Å². The molecule has 0 aliphatic heterocycles. The normalized spacial score (nSPS) is 11.4. The van der Waals surface area contributed by atoms with Crippen molar-refractivity contribution in [2.75, 3.05) is 0 Å². The van der Waals surface area contributed by atoms with Gasteiger partial charge in [-0.1, -0.05) is 43.6 Å². The van der Waals surface area contributed by atoms with Crippen LogP contribution in [0.1, 0.15) is 64.2 Å². The Kier molecular flexibility index (Phi) is 12.7. The van der Waals surface area contributed by atoms with Gasteiger partial charge < -0.3 is 10.2 Å². The van der Waals surface area contributed by atoms with Crippen LogP contribution < -0.4 is 0 Å². The second-order valence-corrected chi connectivity index (χ2v) is 4.81. The van der Waals surface area contributed by atoms with Crippen molar-refractivity contribution in [1.82, 2.24) is 0 Å². The van der Waals surface area contributed by atoms with Gasteiger partial charge in [0.1, 0.15) is 0 Å². The fraction of sp³-hybridized carbons (Fsp3) is 0.625. The van der Waals surface area contributed by atoms with Crippen LogP contribution in [-0.2, 0) is 9.59 Å². The van der Waals surface area contributed by atoms with E-state index in [1.165, 1.54) is 0 Å². The van der Waals surface area contributed by atoms with E-state index in [-0.39, 0.29) is 12.8 Å². The highest BCUT2D eigenvalue weighted by Gasteiger charge is 1.95. The summed E-state index contributed by atoms with van der Waals surface area (Å²) in [6.45, 7) is 0. The van der Waals surface area contributed by atoms with Gasteiger partial charge in [-0.15, -0.1) is 0 Å². The molecule has 0 saturated carbocycles. The third kappa shape index (κ3) is 16.4. The first-order chi connectivity index (χ1) is 9.63. The van der Waals surface area contributed by atoms with E-state index in [9.17, 15) is 9.59 Å². The van der Waals surface area contributed by atoms with Crippen LogP contribution in [-0.4, -0.2) is 22.2 Å². The quantitative estimate of drug-likeness (QED) is 0.393. The van der Waals surface area contributed by atoms with Crippen molar-refractivity contribution in [3.05, 3.63) is 24.3 Å². The van der Waals surface area contributed by atoms with E-state index in [1.807, 2.05) is 12.2 Å². The first-order valence-corrected chi connectivity index (χ1v) is 7.36. The molecule has 0 spiro atoms. The van der Waals surface area contributed by atoms with Gasteiger partial charge in [0.05, 0.1) is 0 Å². The third-order valence-corrected chi connectivity index (χ3v) is 2.89. The molecular formula is C16H26O4. The SMILES string of the molecule is O=C(O)CC/C=C\CC=CCCCCCCCC(=O)O. The second-order valence-electron chi connectivity index (χ2n) is 4.81. The molecule has 0 aromatic heterocycles. The summed E-state index contributed by atoms with van der Waals surface area (Å²) in [5, 5.41) is 16.9. The number of rotatable bonds is 13. The van der Waals surface area contributed by atoms with Gasteiger partial charge in [0.25, 0.3) is 0 Å². The number of carbonyl (C=O) groups is 2. The van der Waals surface area contributed by atoms with Crippen LogP contribution in [0, 0.1) is 0 Å². The number of hydrogen-bond acceptors (Lipinski definition) is 2. The van der Waals surface area contributed by atoms with Crippen LogP contribution in [0.15, 0.2) is 24.3 Å². The zero-order chi connectivity index (χ0) is 15.1. The van der Waals surface area contributed by atoms with Crippen LogP contribution in [0.2, 0.25) is 0 Å². The van der Waals surface area contributed by atoms with Gasteiger partial charge >= 0.3 is 11.9 Å². The Morgan fingerprint density at radius 3 is 1.85 bits per heavy atom. The number of carboxylic acid groups (broad SMARTS) is 2. The first-order valence-electron chi connectivity index (χ1n) is 7.36. The van der Waals surface area contributed by atoms with Gasteiger partial charge in [-0.3, -0.25) is 9.59 Å². The Morgan fingerprint density at radius 1 is 0.650 bits per heavy atom. The largest absolute Gasteiger partial charge is 0.481 e. The van der Waals surface area contributed by atoms with Crippen LogP contribution in [0.4, 0.5) is 0 Å². The number of unbranched alkanes of at least 4 members (excludes halogenated alkanes) is 5. The van der Waals surface area contributed by atoms with E-state index in [1.54, 1.807) is 0 Å². The third-order valence-electron chi connectivity index (χ3n) is 2.89. The lowest BCUT2D eigenvalue weighted by Gasteiger charge is -1.98. The number of hydrogen-bond donors (Lipinski definition) is 2. The van der Waals surface area contributed by atoms with E-state index in [0.717, 1.165) is 44.9 Å². The van der Waals surface area contributed by atoms with E-state index < -0.39 is 11.9 Å². The molecule has 0 saturated heterocycles. The van der Waals surface area contributed by atoms with Crippen LogP contribution >= 0.6 is 0 Å². The number of carboxylic acids is 2. The van der Waals surface area contributed by atoms with Crippen molar-refractivity contribution in [3.63, 3.8) is 0 Å². The summed E-state index contributed by atoms with van der Waals surface area (Å²) in [6, 6.07) is 0. The molecule has 2 N–H and O–H groups in total. The van der Waals surface area contributed by atoms with Gasteiger partial charge in [0.15, 0.2) is 0 Å². The fourth-order valence-corrected chi connectivity index (χ4v) is 1.78. The van der Waals surface area contributed by atoms with Crippen molar-refractivity contribution >= 4 is 11.9 Å². The zero-order valence-corrected chi connectivity index (χ0v) is 12.1. The summed E-state index contributed by atoms with van der Waals surface area (Å²) >= 11 is 0. The fourth-order valence-electron chi connectivity index (χ4n) is 1.78. The van der Waals surface area contributed by atoms with Gasteiger partial charge in [-0.2, -0.15) is 0 Å². The first kappa shape index (κ1) is 18.4. The molecule has 0 radical (unpaired) electrons. The van der Waals surface area contributed by atoms with Crippen molar-refractivity contribution in [2.24, 2.45) is 0 Å². The zero-order valence-electron chi connectivity index (χ0n) is 12.1. The van der Waals surface area contributed by atoms with Gasteiger partial charge in [0, 0.05) is 12.8 Å². The Morgan fingerprint density at radius 2 is 1.20 bits per heavy atom. The van der Waals surface area contributed by atoms with Crippen LogP contribution in [0.3, 0.4) is 0 Å². The minimum atomic E-state index is -0.756. The average Bonchev–Trinajstić information content (AvgIpc) is 2.38. The molecular weight excluding hydrogens is 256 g/mol. The number of allylic oxidation sites excluding steroid dienone is 4. The minimum Gasteiger partial charge on any atom is -0.481 e. The highest BCUT2D eigenvalue weighted by atomic mass is 16.4. The van der Waals surface area contributed by atoms with Crippen LogP contribution in [0.5, 0.6) is 0 Å². The topological polar surface area (TPSA) is 74.6 Å². The maximum absolute atomic E-state index is 10.3. The Labute approximate surface area is 121 Å². The molecule has 0 heterocycles. The van der Waals surface area contributed by atoms with Crippen molar-refractivity contribution in [1.29, 1.82) is 0 Å². The lowest BCUT2D eigenvalue weighted by atomic mass is 10.1. The van der Waals surface area contributed by atoms with E-state index in [2.05, 4.69) is 12.2 Å². The Hall–Kier alpha value is -1.58. The molecule has 114 valence electrons. The molecule has 0 bridgehead atoms. The molecule has 0 aliphatic carbocycles. The van der Waals surface area contributed by atoms with Crippen molar-refractivity contribution in [2.45, 2.75) is 64.2 Å². The predicted octanol–water partition coefficient (Wildman–Crippen LogP) is 4.17. The molecule has 4 heteroatoms. The molecule has 0 atom stereocenters. The minimum absolute atomic E-state index is 0.197. The summed E-state index contributed by atoms with van der Waals surface area (Å²) in [5.41, 5.74) is 0. The monoisotopic (exact) mass is 282 g/mol. The molecule has 0 rings (SSSR count). The van der Waals surface area contributed by atoms with Crippen LogP contribution in [0.25, 0.3) is 0 Å². The lowest BCUT2D eigenvalue weighted by Crippen LogP contribution is -1.93. The smallest absolute Gasteiger partial charge is 0.303 e. The van der Waals surface area contributed by atoms with Crippen molar-refractivity contribution in [3.8, 4) is 0 Å². The molecule has 0 fully saturated rings. The molecule has 0 aromatic carbocycles. The molecule has 4 nitrogen and oxygen atoms in total. The molecule has 0 unspecified atom stereocenters. The average molecular weight is 282 g/mol. The molecule has 0 aliphatic rings. The molecule has 0 amide bonds. The predicted molar refractivity (Wildman–Crippen MR) is 79.7 cm³/mol. The molecule has 20 heavy (non-hydrogen) atoms. The summed E-state index contributed by atoms with van der Waals surface area (Å²) in [7, 11) is 0. The van der Waals surface area contributed by atoms with Crippen molar-refractivity contribution < 1.29 is 19.8 Å². The summed E-state index contributed by atoms with van der Waals surface area (Å²) in [6.07, 6.45) is 16.3. The second kappa shape index (κ2) is 13.8. The standard InChI is InChI=1S/C16H26O4/c17-15(18)13-11-9-7-5-3-1-2-4-6-8-10-12-14-16(19)20/h1,3,7,9H,2,4-6,8,10-14H2,(H,17,18)(H,19,20)/b3-1?,9-7-. The van der Waals surface area contributed by atoms with Gasteiger partial charge in [0.2, 0.25) is 0 Å². The highest BCUT2D eigenvalue weighted by Crippen LogP contribution is 2.07. The summed E-state index contributed by atoms with van der Waals surface area (Å²) < 4.78 is 0. The number of aliphatic carboxylic acids is 2. The van der Waals surface area contributed by atoms with Gasteiger partial charge in [-0.05, 0) is 32.1 Å². The summed E-state index contributed by atoms with van der Waals surface area (Å²) in [5.74, 6) is -1.46. The lowest BCUT2D eigenvalue weighted by molar-refractivity contribution is -0.138. The Balaban J connectivity index is 3.23. The summed E-state index contributed by atoms with van der Waals surface area (Å²) in [4.78, 5) is 20.5. The Bertz CT molecular complexity index is 318. The molecule has 0 aromatic rings. The maximum atomic E-state index is 10.3.